The first-order valence-corrected chi connectivity index (χ1v) is 6.03. The van der Waals surface area contributed by atoms with Crippen molar-refractivity contribution in [2.75, 3.05) is 45.8 Å². The quantitative estimate of drug-likeness (QED) is 0.654. The Balaban J connectivity index is 2.44. The Hall–Kier alpha value is -1.79. The van der Waals surface area contributed by atoms with E-state index < -0.39 is 0 Å². The topological polar surface area (TPSA) is 85.0 Å². The van der Waals surface area contributed by atoms with Gasteiger partial charge < -0.3 is 25.2 Å². The molecule has 0 aliphatic rings. The number of hydrogen-bond acceptors (Lipinski definition) is 5. The molecule has 19 heavy (non-hydrogen) atoms. The SMILES string of the molecule is COCCN(CCO)C(=O)COc1ccc(N)cc1. The number of nitrogen functional groups attached to an aromatic ring is 1. The molecule has 0 saturated heterocycles. The van der Waals surface area contributed by atoms with Gasteiger partial charge in [0.2, 0.25) is 0 Å². The van der Waals surface area contributed by atoms with Gasteiger partial charge in [0.1, 0.15) is 5.75 Å². The van der Waals surface area contributed by atoms with Crippen LogP contribution < -0.4 is 10.5 Å². The van der Waals surface area contributed by atoms with Gasteiger partial charge in [0.05, 0.1) is 13.2 Å². The molecule has 1 amide bonds. The molecule has 1 aromatic carbocycles. The molecule has 0 fully saturated rings. The van der Waals surface area contributed by atoms with Crippen LogP contribution >= 0.6 is 0 Å². The Labute approximate surface area is 112 Å². The summed E-state index contributed by atoms with van der Waals surface area (Å²) in [6.45, 7) is 0.965. The third kappa shape index (κ3) is 5.58. The minimum Gasteiger partial charge on any atom is -0.484 e. The van der Waals surface area contributed by atoms with Crippen molar-refractivity contribution in [3.63, 3.8) is 0 Å². The molecular weight excluding hydrogens is 248 g/mol. The largest absolute Gasteiger partial charge is 0.484 e. The van der Waals surface area contributed by atoms with Crippen LogP contribution in [0.2, 0.25) is 0 Å². The van der Waals surface area contributed by atoms with Gasteiger partial charge in [0.15, 0.2) is 6.61 Å². The molecule has 0 radical (unpaired) electrons. The van der Waals surface area contributed by atoms with Gasteiger partial charge in [-0.05, 0) is 24.3 Å². The lowest BCUT2D eigenvalue weighted by Crippen LogP contribution is -2.39. The molecule has 6 heteroatoms. The highest BCUT2D eigenvalue weighted by Gasteiger charge is 2.13. The Kier molecular flexibility index (Phi) is 6.70. The maximum Gasteiger partial charge on any atom is 0.260 e. The molecule has 0 aromatic heterocycles. The minimum absolute atomic E-state index is 0.0758. The van der Waals surface area contributed by atoms with E-state index in [1.54, 1.807) is 31.4 Å². The number of ether oxygens (including phenoxy) is 2. The van der Waals surface area contributed by atoms with Crippen molar-refractivity contribution in [2.45, 2.75) is 0 Å². The van der Waals surface area contributed by atoms with Crippen LogP contribution in [0.4, 0.5) is 5.69 Å². The molecular formula is C13H20N2O4. The summed E-state index contributed by atoms with van der Waals surface area (Å²) in [6.07, 6.45) is 0. The van der Waals surface area contributed by atoms with Crippen molar-refractivity contribution in [3.05, 3.63) is 24.3 Å². The molecule has 6 nitrogen and oxygen atoms in total. The van der Waals surface area contributed by atoms with E-state index in [1.807, 2.05) is 0 Å². The number of nitrogens with two attached hydrogens (primary N) is 1. The van der Waals surface area contributed by atoms with Crippen LogP contribution in [-0.2, 0) is 9.53 Å². The number of aliphatic hydroxyl groups excluding tert-OH is 1. The molecule has 1 aromatic rings. The smallest absolute Gasteiger partial charge is 0.260 e. The van der Waals surface area contributed by atoms with Gasteiger partial charge in [-0.25, -0.2) is 0 Å². The number of hydrogen-bond donors (Lipinski definition) is 2. The Morgan fingerprint density at radius 3 is 2.58 bits per heavy atom. The summed E-state index contributed by atoms with van der Waals surface area (Å²) in [6, 6.07) is 6.81. The lowest BCUT2D eigenvalue weighted by molar-refractivity contribution is -0.134. The van der Waals surface area contributed by atoms with Crippen LogP contribution in [0.3, 0.4) is 0 Å². The van der Waals surface area contributed by atoms with E-state index in [0.717, 1.165) is 0 Å². The Morgan fingerprint density at radius 2 is 2.00 bits per heavy atom. The van der Waals surface area contributed by atoms with Gasteiger partial charge in [-0.2, -0.15) is 0 Å². The second-order valence-electron chi connectivity index (χ2n) is 3.95. The van der Waals surface area contributed by atoms with Crippen LogP contribution in [0.25, 0.3) is 0 Å². The Bertz CT molecular complexity index is 381. The summed E-state index contributed by atoms with van der Waals surface area (Å²) in [4.78, 5) is 13.4. The predicted molar refractivity (Wildman–Crippen MR) is 71.9 cm³/mol. The predicted octanol–water partition coefficient (Wildman–Crippen LogP) is 0.115. The zero-order valence-electron chi connectivity index (χ0n) is 11.0. The van der Waals surface area contributed by atoms with Crippen molar-refractivity contribution >= 4 is 11.6 Å². The summed E-state index contributed by atoms with van der Waals surface area (Å²) in [5.41, 5.74) is 6.19. The molecule has 0 heterocycles. The van der Waals surface area contributed by atoms with Crippen molar-refractivity contribution in [2.24, 2.45) is 0 Å². The van der Waals surface area contributed by atoms with Gasteiger partial charge in [0, 0.05) is 25.9 Å². The maximum absolute atomic E-state index is 11.9. The van der Waals surface area contributed by atoms with Crippen molar-refractivity contribution < 1.29 is 19.4 Å². The minimum atomic E-state index is -0.192. The van der Waals surface area contributed by atoms with Crippen LogP contribution in [0.5, 0.6) is 5.75 Å². The monoisotopic (exact) mass is 268 g/mol. The molecule has 1 rings (SSSR count). The maximum atomic E-state index is 11.9. The lowest BCUT2D eigenvalue weighted by atomic mass is 10.3. The summed E-state index contributed by atoms with van der Waals surface area (Å²) in [5, 5.41) is 8.91. The number of carbonyl (C=O) groups is 1. The van der Waals surface area contributed by atoms with E-state index in [0.29, 0.717) is 24.6 Å². The van der Waals surface area contributed by atoms with Crippen LogP contribution in [0.15, 0.2) is 24.3 Å². The number of methoxy groups -OCH3 is 1. The first-order chi connectivity index (χ1) is 9.17. The first kappa shape index (κ1) is 15.3. The van der Waals surface area contributed by atoms with Gasteiger partial charge in [0.25, 0.3) is 5.91 Å². The molecule has 3 N–H and O–H groups in total. The van der Waals surface area contributed by atoms with Gasteiger partial charge in [-0.15, -0.1) is 0 Å². The van der Waals surface area contributed by atoms with Crippen LogP contribution in [0, 0.1) is 0 Å². The average Bonchev–Trinajstić information content (AvgIpc) is 2.42. The molecule has 0 saturated carbocycles. The van der Waals surface area contributed by atoms with E-state index in [1.165, 1.54) is 4.90 Å². The molecule has 0 bridgehead atoms. The van der Waals surface area contributed by atoms with Crippen molar-refractivity contribution in [1.82, 2.24) is 4.90 Å². The second-order valence-corrected chi connectivity index (χ2v) is 3.95. The van der Waals surface area contributed by atoms with E-state index in [4.69, 9.17) is 20.3 Å². The van der Waals surface area contributed by atoms with Crippen molar-refractivity contribution in [3.8, 4) is 5.75 Å². The number of nitrogens with zero attached hydrogens (tertiary/aromatic N) is 1. The van der Waals surface area contributed by atoms with E-state index in [9.17, 15) is 4.79 Å². The number of rotatable bonds is 8. The summed E-state index contributed by atoms with van der Waals surface area (Å²) >= 11 is 0. The average molecular weight is 268 g/mol. The van der Waals surface area contributed by atoms with Crippen LogP contribution in [-0.4, -0.2) is 55.9 Å². The highest BCUT2D eigenvalue weighted by Crippen LogP contribution is 2.13. The second kappa shape index (κ2) is 8.34. The van der Waals surface area contributed by atoms with E-state index in [2.05, 4.69) is 0 Å². The third-order valence-corrected chi connectivity index (χ3v) is 2.53. The zero-order chi connectivity index (χ0) is 14.1. The van der Waals surface area contributed by atoms with Gasteiger partial charge in [-0.1, -0.05) is 0 Å². The third-order valence-electron chi connectivity index (χ3n) is 2.53. The summed E-state index contributed by atoms with van der Waals surface area (Å²) < 4.78 is 10.3. The zero-order valence-corrected chi connectivity index (χ0v) is 11.0. The van der Waals surface area contributed by atoms with Gasteiger partial charge >= 0.3 is 0 Å². The normalized spacial score (nSPS) is 10.2. The Morgan fingerprint density at radius 1 is 1.32 bits per heavy atom. The molecule has 106 valence electrons. The molecule has 0 spiro atoms. The first-order valence-electron chi connectivity index (χ1n) is 6.03. The fourth-order valence-electron chi connectivity index (χ4n) is 1.48. The lowest BCUT2D eigenvalue weighted by Gasteiger charge is -2.21. The number of benzene rings is 1. The molecule has 0 aliphatic heterocycles. The number of carbonyl (C=O) groups excluding carboxylic acids is 1. The fraction of sp³-hybridized carbons (Fsp3) is 0.462. The number of anilines is 1. The summed E-state index contributed by atoms with van der Waals surface area (Å²) in [5.74, 6) is 0.390. The van der Waals surface area contributed by atoms with E-state index >= 15 is 0 Å². The highest BCUT2D eigenvalue weighted by molar-refractivity contribution is 5.77. The summed E-state index contributed by atoms with van der Waals surface area (Å²) in [7, 11) is 1.56. The molecule has 0 unspecified atom stereocenters. The van der Waals surface area contributed by atoms with E-state index in [-0.39, 0.29) is 25.7 Å². The van der Waals surface area contributed by atoms with Gasteiger partial charge in [-0.3, -0.25) is 4.79 Å². The standard InChI is InChI=1S/C13H20N2O4/c1-18-9-7-15(6-8-16)13(17)10-19-12-4-2-11(14)3-5-12/h2-5,16H,6-10,14H2,1H3. The highest BCUT2D eigenvalue weighted by atomic mass is 16.5. The number of amides is 1. The number of aliphatic hydroxyl groups is 1. The van der Waals surface area contributed by atoms with Crippen LogP contribution in [0.1, 0.15) is 0 Å². The molecule has 0 aliphatic carbocycles. The molecule has 0 atom stereocenters. The van der Waals surface area contributed by atoms with Crippen molar-refractivity contribution in [1.29, 1.82) is 0 Å². The fourth-order valence-corrected chi connectivity index (χ4v) is 1.48.